The molecule has 3 heteroatoms. The van der Waals surface area contributed by atoms with Crippen LogP contribution in [0.3, 0.4) is 0 Å². The lowest BCUT2D eigenvalue weighted by Gasteiger charge is -2.29. The van der Waals surface area contributed by atoms with Crippen molar-refractivity contribution < 1.29 is 4.74 Å². The average Bonchev–Trinajstić information content (AvgIpc) is 2.25. The van der Waals surface area contributed by atoms with E-state index in [1.165, 1.54) is 19.3 Å². The van der Waals surface area contributed by atoms with Crippen LogP contribution in [0, 0.1) is 5.92 Å². The molecule has 2 atom stereocenters. The average molecular weight is 284 g/mol. The van der Waals surface area contributed by atoms with Gasteiger partial charge in [-0.25, -0.2) is 0 Å². The SMILES string of the molecule is CC1CCCCC1Oc1ccc(N)cc1Br. The Morgan fingerprint density at radius 3 is 2.75 bits per heavy atom. The molecule has 0 bridgehead atoms. The Kier molecular flexibility index (Phi) is 3.74. The fourth-order valence-corrected chi connectivity index (χ4v) is 2.72. The highest BCUT2D eigenvalue weighted by atomic mass is 79.9. The van der Waals surface area contributed by atoms with Gasteiger partial charge in [-0.05, 0) is 59.3 Å². The zero-order valence-electron chi connectivity index (χ0n) is 9.58. The topological polar surface area (TPSA) is 35.2 Å². The number of halogens is 1. The van der Waals surface area contributed by atoms with Crippen molar-refractivity contribution in [2.45, 2.75) is 38.7 Å². The smallest absolute Gasteiger partial charge is 0.134 e. The first-order valence-electron chi connectivity index (χ1n) is 5.88. The minimum atomic E-state index is 0.355. The van der Waals surface area contributed by atoms with E-state index in [2.05, 4.69) is 22.9 Å². The summed E-state index contributed by atoms with van der Waals surface area (Å²) in [6.45, 7) is 2.27. The monoisotopic (exact) mass is 283 g/mol. The Balaban J connectivity index is 2.07. The summed E-state index contributed by atoms with van der Waals surface area (Å²) in [6.07, 6.45) is 5.41. The minimum absolute atomic E-state index is 0.355. The van der Waals surface area contributed by atoms with Gasteiger partial charge in [-0.2, -0.15) is 0 Å². The number of nitrogen functional groups attached to an aromatic ring is 1. The summed E-state index contributed by atoms with van der Waals surface area (Å²) in [4.78, 5) is 0. The van der Waals surface area contributed by atoms with Crippen molar-refractivity contribution in [3.05, 3.63) is 22.7 Å². The van der Waals surface area contributed by atoms with Gasteiger partial charge in [0, 0.05) is 5.69 Å². The number of rotatable bonds is 2. The molecule has 1 fully saturated rings. The van der Waals surface area contributed by atoms with Gasteiger partial charge in [0.15, 0.2) is 0 Å². The maximum Gasteiger partial charge on any atom is 0.134 e. The molecule has 1 aliphatic rings. The Morgan fingerprint density at radius 2 is 2.06 bits per heavy atom. The molecule has 2 nitrogen and oxygen atoms in total. The van der Waals surface area contributed by atoms with Crippen LogP contribution in [0.2, 0.25) is 0 Å². The second-order valence-electron chi connectivity index (χ2n) is 4.61. The Labute approximate surface area is 105 Å². The van der Waals surface area contributed by atoms with Crippen molar-refractivity contribution in [2.24, 2.45) is 5.92 Å². The zero-order chi connectivity index (χ0) is 11.5. The normalized spacial score (nSPS) is 25.4. The predicted octanol–water partition coefficient (Wildman–Crippen LogP) is 3.99. The third kappa shape index (κ3) is 2.70. The summed E-state index contributed by atoms with van der Waals surface area (Å²) in [6, 6.07) is 5.72. The van der Waals surface area contributed by atoms with Gasteiger partial charge in [0.05, 0.1) is 4.47 Å². The number of anilines is 1. The largest absolute Gasteiger partial charge is 0.489 e. The molecule has 1 aromatic carbocycles. The fourth-order valence-electron chi connectivity index (χ4n) is 2.23. The van der Waals surface area contributed by atoms with E-state index in [0.29, 0.717) is 12.0 Å². The molecule has 16 heavy (non-hydrogen) atoms. The molecule has 0 aromatic heterocycles. The van der Waals surface area contributed by atoms with Gasteiger partial charge in [0.1, 0.15) is 11.9 Å². The van der Waals surface area contributed by atoms with Crippen molar-refractivity contribution in [1.82, 2.24) is 0 Å². The molecule has 2 N–H and O–H groups in total. The highest BCUT2D eigenvalue weighted by Crippen LogP contribution is 2.32. The standard InChI is InChI=1S/C13H18BrNO/c1-9-4-2-3-5-12(9)16-13-7-6-10(15)8-11(13)14/h6-9,12H,2-5,15H2,1H3. The van der Waals surface area contributed by atoms with E-state index in [1.54, 1.807) is 0 Å². The van der Waals surface area contributed by atoms with Crippen LogP contribution in [0.15, 0.2) is 22.7 Å². The van der Waals surface area contributed by atoms with E-state index in [1.807, 2.05) is 18.2 Å². The van der Waals surface area contributed by atoms with Crippen molar-refractivity contribution in [3.8, 4) is 5.75 Å². The number of ether oxygens (including phenoxy) is 1. The van der Waals surface area contributed by atoms with Gasteiger partial charge in [0.2, 0.25) is 0 Å². The summed E-state index contributed by atoms with van der Waals surface area (Å²) >= 11 is 3.49. The number of benzene rings is 1. The number of hydrogen-bond donors (Lipinski definition) is 1. The third-order valence-corrected chi connectivity index (χ3v) is 3.89. The van der Waals surface area contributed by atoms with Gasteiger partial charge in [0.25, 0.3) is 0 Å². The number of nitrogens with two attached hydrogens (primary N) is 1. The molecular weight excluding hydrogens is 266 g/mol. The quantitative estimate of drug-likeness (QED) is 0.833. The van der Waals surface area contributed by atoms with Crippen LogP contribution in [0.1, 0.15) is 32.6 Å². The molecule has 0 spiro atoms. The summed E-state index contributed by atoms with van der Waals surface area (Å²) in [5.41, 5.74) is 6.46. The maximum absolute atomic E-state index is 6.05. The summed E-state index contributed by atoms with van der Waals surface area (Å²) < 4.78 is 7.00. The lowest BCUT2D eigenvalue weighted by molar-refractivity contribution is 0.102. The highest BCUT2D eigenvalue weighted by Gasteiger charge is 2.23. The van der Waals surface area contributed by atoms with Gasteiger partial charge < -0.3 is 10.5 Å². The van der Waals surface area contributed by atoms with Crippen LogP contribution in [0.5, 0.6) is 5.75 Å². The molecule has 0 heterocycles. The van der Waals surface area contributed by atoms with Gasteiger partial charge in [-0.15, -0.1) is 0 Å². The highest BCUT2D eigenvalue weighted by molar-refractivity contribution is 9.10. The first-order chi connectivity index (χ1) is 7.66. The fraction of sp³-hybridized carbons (Fsp3) is 0.538. The second kappa shape index (κ2) is 5.09. The molecule has 1 aliphatic carbocycles. The number of hydrogen-bond acceptors (Lipinski definition) is 2. The molecule has 0 radical (unpaired) electrons. The van der Waals surface area contributed by atoms with E-state index in [-0.39, 0.29) is 0 Å². The Hall–Kier alpha value is -0.700. The molecule has 2 rings (SSSR count). The van der Waals surface area contributed by atoms with Crippen LogP contribution in [-0.4, -0.2) is 6.10 Å². The van der Waals surface area contributed by atoms with E-state index in [0.717, 1.165) is 22.3 Å². The minimum Gasteiger partial charge on any atom is -0.489 e. The van der Waals surface area contributed by atoms with Crippen molar-refractivity contribution >= 4 is 21.6 Å². The molecule has 0 amide bonds. The molecule has 0 aliphatic heterocycles. The van der Waals surface area contributed by atoms with E-state index in [4.69, 9.17) is 10.5 Å². The lowest BCUT2D eigenvalue weighted by Crippen LogP contribution is -2.28. The third-order valence-electron chi connectivity index (χ3n) is 3.27. The zero-order valence-corrected chi connectivity index (χ0v) is 11.2. The van der Waals surface area contributed by atoms with Gasteiger partial charge in [-0.3, -0.25) is 0 Å². The lowest BCUT2D eigenvalue weighted by atomic mass is 9.88. The van der Waals surface area contributed by atoms with E-state index < -0.39 is 0 Å². The van der Waals surface area contributed by atoms with Crippen LogP contribution >= 0.6 is 15.9 Å². The molecule has 0 saturated heterocycles. The van der Waals surface area contributed by atoms with Crippen LogP contribution in [-0.2, 0) is 0 Å². The predicted molar refractivity (Wildman–Crippen MR) is 70.6 cm³/mol. The van der Waals surface area contributed by atoms with Crippen LogP contribution in [0.25, 0.3) is 0 Å². The molecule has 1 aromatic rings. The first kappa shape index (κ1) is 11.8. The second-order valence-corrected chi connectivity index (χ2v) is 5.46. The van der Waals surface area contributed by atoms with Gasteiger partial charge >= 0.3 is 0 Å². The first-order valence-corrected chi connectivity index (χ1v) is 6.68. The Morgan fingerprint density at radius 1 is 1.31 bits per heavy atom. The summed E-state index contributed by atoms with van der Waals surface area (Å²) in [7, 11) is 0. The molecule has 1 saturated carbocycles. The van der Waals surface area contributed by atoms with Crippen molar-refractivity contribution in [1.29, 1.82) is 0 Å². The summed E-state index contributed by atoms with van der Waals surface area (Å²) in [5, 5.41) is 0. The summed E-state index contributed by atoms with van der Waals surface area (Å²) in [5.74, 6) is 1.56. The molecular formula is C13H18BrNO. The van der Waals surface area contributed by atoms with Crippen LogP contribution in [0.4, 0.5) is 5.69 Å². The van der Waals surface area contributed by atoms with E-state index >= 15 is 0 Å². The van der Waals surface area contributed by atoms with Gasteiger partial charge in [-0.1, -0.05) is 13.3 Å². The molecule has 2 unspecified atom stereocenters. The van der Waals surface area contributed by atoms with Crippen molar-refractivity contribution in [3.63, 3.8) is 0 Å². The van der Waals surface area contributed by atoms with Crippen LogP contribution < -0.4 is 10.5 Å². The molecule has 88 valence electrons. The van der Waals surface area contributed by atoms with Crippen molar-refractivity contribution in [2.75, 3.05) is 5.73 Å². The Bertz CT molecular complexity index is 367. The maximum atomic E-state index is 6.05. The van der Waals surface area contributed by atoms with E-state index in [9.17, 15) is 0 Å².